The van der Waals surface area contributed by atoms with Crippen molar-refractivity contribution in [3.05, 3.63) is 65.0 Å². The van der Waals surface area contributed by atoms with Gasteiger partial charge in [-0.3, -0.25) is 9.59 Å². The second-order valence-electron chi connectivity index (χ2n) is 4.75. The number of carbonyl (C=O) groups excluding carboxylic acids is 4. The maximum absolute atomic E-state index is 12.1. The van der Waals surface area contributed by atoms with Gasteiger partial charge in [0, 0.05) is 6.20 Å². The van der Waals surface area contributed by atoms with Gasteiger partial charge in [0.05, 0.1) is 23.8 Å². The standard InChI is InChI=1S/C16H10N2O6/c1-23-15(21)9-6-7-17-12(8-9)16(22)24-18-13(19)10-4-2-3-5-11(10)14(18)20/h2-8H,1H3. The van der Waals surface area contributed by atoms with Gasteiger partial charge in [0.1, 0.15) is 0 Å². The number of nitrogens with zero attached hydrogens (tertiary/aromatic N) is 2. The summed E-state index contributed by atoms with van der Waals surface area (Å²) >= 11 is 0. The van der Waals surface area contributed by atoms with Crippen LogP contribution in [0.5, 0.6) is 0 Å². The molecule has 0 saturated heterocycles. The summed E-state index contributed by atoms with van der Waals surface area (Å²) in [5, 5.41) is 0.374. The van der Waals surface area contributed by atoms with Crippen molar-refractivity contribution in [2.24, 2.45) is 0 Å². The molecule has 2 heterocycles. The summed E-state index contributed by atoms with van der Waals surface area (Å²) in [5.74, 6) is -3.19. The molecule has 120 valence electrons. The number of esters is 1. The number of pyridine rings is 1. The summed E-state index contributed by atoms with van der Waals surface area (Å²) in [7, 11) is 1.19. The lowest BCUT2D eigenvalue weighted by molar-refractivity contribution is -0.0588. The number of hydrogen-bond acceptors (Lipinski definition) is 7. The summed E-state index contributed by atoms with van der Waals surface area (Å²) in [6, 6.07) is 8.60. The van der Waals surface area contributed by atoms with Crippen LogP contribution in [0.1, 0.15) is 41.6 Å². The van der Waals surface area contributed by atoms with Gasteiger partial charge in [-0.2, -0.15) is 0 Å². The van der Waals surface area contributed by atoms with Gasteiger partial charge in [-0.15, -0.1) is 0 Å². The normalized spacial score (nSPS) is 12.8. The van der Waals surface area contributed by atoms with E-state index < -0.39 is 23.8 Å². The molecule has 8 nitrogen and oxygen atoms in total. The molecule has 0 N–H and O–H groups in total. The van der Waals surface area contributed by atoms with Crippen LogP contribution in [-0.4, -0.2) is 40.9 Å². The molecule has 24 heavy (non-hydrogen) atoms. The largest absolute Gasteiger partial charge is 0.465 e. The Hall–Kier alpha value is -3.55. The number of benzene rings is 1. The Balaban J connectivity index is 1.83. The summed E-state index contributed by atoms with van der Waals surface area (Å²) in [4.78, 5) is 56.5. The van der Waals surface area contributed by atoms with Crippen molar-refractivity contribution in [3.63, 3.8) is 0 Å². The average molecular weight is 326 g/mol. The fourth-order valence-corrected chi connectivity index (χ4v) is 2.17. The summed E-state index contributed by atoms with van der Waals surface area (Å²) in [6.45, 7) is 0. The zero-order valence-corrected chi connectivity index (χ0v) is 12.4. The number of hydroxylamine groups is 2. The number of rotatable bonds is 3. The van der Waals surface area contributed by atoms with E-state index >= 15 is 0 Å². The van der Waals surface area contributed by atoms with E-state index in [0.29, 0.717) is 5.06 Å². The first-order valence-electron chi connectivity index (χ1n) is 6.77. The highest BCUT2D eigenvalue weighted by Gasteiger charge is 2.39. The Morgan fingerprint density at radius 2 is 1.62 bits per heavy atom. The van der Waals surface area contributed by atoms with Gasteiger partial charge >= 0.3 is 11.9 Å². The predicted octanol–water partition coefficient (Wildman–Crippen LogP) is 1.24. The first-order valence-corrected chi connectivity index (χ1v) is 6.77. The van der Waals surface area contributed by atoms with Gasteiger partial charge in [0.25, 0.3) is 11.8 Å². The summed E-state index contributed by atoms with van der Waals surface area (Å²) in [6.07, 6.45) is 1.21. The van der Waals surface area contributed by atoms with E-state index in [2.05, 4.69) is 9.72 Å². The first kappa shape index (κ1) is 15.3. The number of hydrogen-bond donors (Lipinski definition) is 0. The Bertz CT molecular complexity index is 841. The lowest BCUT2D eigenvalue weighted by Crippen LogP contribution is -2.33. The molecule has 2 amide bonds. The lowest BCUT2D eigenvalue weighted by atomic mass is 10.1. The van der Waals surface area contributed by atoms with Crippen LogP contribution in [0.2, 0.25) is 0 Å². The molecule has 0 saturated carbocycles. The molecule has 8 heteroatoms. The molecule has 1 aliphatic heterocycles. The molecule has 0 fully saturated rings. The van der Waals surface area contributed by atoms with Crippen LogP contribution in [0.25, 0.3) is 0 Å². The number of carbonyl (C=O) groups is 4. The van der Waals surface area contributed by atoms with Gasteiger partial charge in [-0.05, 0) is 24.3 Å². The minimum absolute atomic E-state index is 0.0850. The van der Waals surface area contributed by atoms with E-state index in [1.807, 2.05) is 0 Å². The molecule has 0 aliphatic carbocycles. The van der Waals surface area contributed by atoms with Crippen molar-refractivity contribution in [2.75, 3.05) is 7.11 Å². The molecule has 0 atom stereocenters. The van der Waals surface area contributed by atoms with E-state index in [4.69, 9.17) is 4.84 Å². The number of aromatic nitrogens is 1. The monoisotopic (exact) mass is 326 g/mol. The third-order valence-electron chi connectivity index (χ3n) is 3.32. The predicted molar refractivity (Wildman–Crippen MR) is 77.9 cm³/mol. The van der Waals surface area contributed by atoms with Crippen LogP contribution in [0.3, 0.4) is 0 Å². The quantitative estimate of drug-likeness (QED) is 0.617. The van der Waals surface area contributed by atoms with E-state index in [0.717, 1.165) is 6.07 Å². The topological polar surface area (TPSA) is 103 Å². The van der Waals surface area contributed by atoms with Crippen LogP contribution in [-0.2, 0) is 9.57 Å². The van der Waals surface area contributed by atoms with Crippen molar-refractivity contribution in [2.45, 2.75) is 0 Å². The SMILES string of the molecule is COC(=O)c1ccnc(C(=O)ON2C(=O)c3ccccc3C2=O)c1. The van der Waals surface area contributed by atoms with Crippen LogP contribution in [0.15, 0.2) is 42.6 Å². The Morgan fingerprint density at radius 3 is 2.21 bits per heavy atom. The van der Waals surface area contributed by atoms with Gasteiger partial charge in [0.2, 0.25) is 0 Å². The van der Waals surface area contributed by atoms with Crippen LogP contribution in [0, 0.1) is 0 Å². The second-order valence-corrected chi connectivity index (χ2v) is 4.75. The third-order valence-corrected chi connectivity index (χ3v) is 3.32. The molecule has 1 aromatic heterocycles. The Kier molecular flexibility index (Phi) is 3.78. The van der Waals surface area contributed by atoms with Crippen molar-refractivity contribution >= 4 is 23.8 Å². The fraction of sp³-hybridized carbons (Fsp3) is 0.0625. The minimum atomic E-state index is -1.05. The van der Waals surface area contributed by atoms with E-state index in [-0.39, 0.29) is 22.4 Å². The third kappa shape index (κ3) is 2.50. The number of amides is 2. The zero-order valence-electron chi connectivity index (χ0n) is 12.4. The van der Waals surface area contributed by atoms with Gasteiger partial charge in [-0.1, -0.05) is 17.2 Å². The number of ether oxygens (including phenoxy) is 1. The smallest absolute Gasteiger partial charge is 0.382 e. The maximum atomic E-state index is 12.1. The van der Waals surface area contributed by atoms with Crippen LogP contribution in [0.4, 0.5) is 0 Å². The molecule has 1 aromatic carbocycles. The lowest BCUT2D eigenvalue weighted by Gasteiger charge is -2.12. The van der Waals surface area contributed by atoms with Crippen LogP contribution >= 0.6 is 0 Å². The van der Waals surface area contributed by atoms with Crippen molar-refractivity contribution in [1.29, 1.82) is 0 Å². The van der Waals surface area contributed by atoms with Gasteiger partial charge in [0.15, 0.2) is 5.69 Å². The van der Waals surface area contributed by atoms with Crippen molar-refractivity contribution in [3.8, 4) is 0 Å². The summed E-state index contributed by atoms with van der Waals surface area (Å²) < 4.78 is 4.54. The van der Waals surface area contributed by atoms with Crippen molar-refractivity contribution in [1.82, 2.24) is 10.0 Å². The Labute approximate surface area is 135 Å². The fourth-order valence-electron chi connectivity index (χ4n) is 2.17. The minimum Gasteiger partial charge on any atom is -0.465 e. The highest BCUT2D eigenvalue weighted by atomic mass is 16.7. The second kappa shape index (κ2) is 5.92. The average Bonchev–Trinajstić information content (AvgIpc) is 2.86. The highest BCUT2D eigenvalue weighted by Crippen LogP contribution is 2.23. The molecule has 0 spiro atoms. The molecule has 2 aromatic rings. The van der Waals surface area contributed by atoms with E-state index in [1.54, 1.807) is 12.1 Å². The van der Waals surface area contributed by atoms with Gasteiger partial charge < -0.3 is 9.57 Å². The maximum Gasteiger partial charge on any atom is 0.382 e. The molecule has 3 rings (SSSR count). The molecular weight excluding hydrogens is 316 g/mol. The van der Waals surface area contributed by atoms with Crippen LogP contribution < -0.4 is 0 Å². The Morgan fingerprint density at radius 1 is 1.00 bits per heavy atom. The molecule has 1 aliphatic rings. The molecule has 0 radical (unpaired) electrons. The number of imide groups is 1. The highest BCUT2D eigenvalue weighted by molar-refractivity contribution is 6.21. The molecular formula is C16H10N2O6. The number of fused-ring (bicyclic) bond motifs is 1. The van der Waals surface area contributed by atoms with Crippen molar-refractivity contribution < 1.29 is 28.8 Å². The molecule has 0 unspecified atom stereocenters. The first-order chi connectivity index (χ1) is 11.5. The van der Waals surface area contributed by atoms with Gasteiger partial charge in [-0.25, -0.2) is 14.6 Å². The number of methoxy groups -OCH3 is 1. The summed E-state index contributed by atoms with van der Waals surface area (Å²) in [5.41, 5.74) is 0.134. The molecule has 0 bridgehead atoms. The van der Waals surface area contributed by atoms with E-state index in [1.165, 1.54) is 31.5 Å². The van der Waals surface area contributed by atoms with E-state index in [9.17, 15) is 19.2 Å². The zero-order chi connectivity index (χ0) is 17.3.